The zero-order valence-electron chi connectivity index (χ0n) is 16.5. The van der Waals surface area contributed by atoms with E-state index < -0.39 is 0 Å². The van der Waals surface area contributed by atoms with E-state index in [0.29, 0.717) is 12.5 Å². The molecule has 0 aliphatic carbocycles. The van der Waals surface area contributed by atoms with Crippen molar-refractivity contribution in [3.8, 4) is 17.0 Å². The topological polar surface area (TPSA) is 58.6 Å². The van der Waals surface area contributed by atoms with Crippen LogP contribution in [0.1, 0.15) is 37.3 Å². The highest BCUT2D eigenvalue weighted by atomic mass is 16.5. The van der Waals surface area contributed by atoms with Crippen LogP contribution >= 0.6 is 0 Å². The molecule has 2 saturated heterocycles. The van der Waals surface area contributed by atoms with E-state index in [-0.39, 0.29) is 5.91 Å². The van der Waals surface area contributed by atoms with Crippen LogP contribution in [0, 0.1) is 0 Å². The molecule has 6 nitrogen and oxygen atoms in total. The van der Waals surface area contributed by atoms with Gasteiger partial charge in [-0.2, -0.15) is 0 Å². The molecule has 2 aliphatic heterocycles. The van der Waals surface area contributed by atoms with Crippen molar-refractivity contribution in [1.29, 1.82) is 0 Å². The Morgan fingerprint density at radius 3 is 2.86 bits per heavy atom. The summed E-state index contributed by atoms with van der Waals surface area (Å²) in [5.41, 5.74) is 2.88. The molecule has 0 N–H and O–H groups in total. The number of likely N-dealkylation sites (tertiary alicyclic amines) is 2. The number of ether oxygens (including phenoxy) is 1. The molecule has 1 unspecified atom stereocenters. The van der Waals surface area contributed by atoms with Crippen molar-refractivity contribution in [2.75, 3.05) is 39.8 Å². The van der Waals surface area contributed by atoms with Gasteiger partial charge in [0, 0.05) is 37.3 Å². The Morgan fingerprint density at radius 1 is 1.18 bits per heavy atom. The monoisotopic (exact) mass is 380 g/mol. The van der Waals surface area contributed by atoms with Gasteiger partial charge in [0.15, 0.2) is 0 Å². The van der Waals surface area contributed by atoms with Crippen molar-refractivity contribution in [2.24, 2.45) is 0 Å². The van der Waals surface area contributed by atoms with Crippen LogP contribution in [0.5, 0.6) is 5.75 Å². The second-order valence-electron chi connectivity index (χ2n) is 7.72. The zero-order chi connectivity index (χ0) is 19.3. The maximum absolute atomic E-state index is 12.5. The molecule has 1 aromatic heterocycles. The molecular weight excluding hydrogens is 352 g/mol. The van der Waals surface area contributed by atoms with Gasteiger partial charge >= 0.3 is 0 Å². The highest BCUT2D eigenvalue weighted by Gasteiger charge is 2.26. The number of hydrogen-bond donors (Lipinski definition) is 0. The third kappa shape index (κ3) is 4.33. The van der Waals surface area contributed by atoms with Gasteiger partial charge in [0.1, 0.15) is 5.75 Å². The Morgan fingerprint density at radius 2 is 2.04 bits per heavy atom. The lowest BCUT2D eigenvalue weighted by atomic mass is 9.94. The van der Waals surface area contributed by atoms with Gasteiger partial charge in [-0.3, -0.25) is 14.7 Å². The Balaban J connectivity index is 1.45. The van der Waals surface area contributed by atoms with Gasteiger partial charge in [0.2, 0.25) is 5.91 Å². The Kier molecular flexibility index (Phi) is 5.86. The quantitative estimate of drug-likeness (QED) is 0.798. The molecule has 2 aliphatic rings. The van der Waals surface area contributed by atoms with E-state index in [9.17, 15) is 4.79 Å². The van der Waals surface area contributed by atoms with E-state index in [1.807, 2.05) is 35.4 Å². The van der Waals surface area contributed by atoms with E-state index in [1.54, 1.807) is 13.3 Å². The van der Waals surface area contributed by atoms with E-state index in [2.05, 4.69) is 9.88 Å². The van der Waals surface area contributed by atoms with Gasteiger partial charge < -0.3 is 9.64 Å². The maximum Gasteiger partial charge on any atom is 0.236 e. The summed E-state index contributed by atoms with van der Waals surface area (Å²) >= 11 is 0. The van der Waals surface area contributed by atoms with Gasteiger partial charge in [-0.15, -0.1) is 0 Å². The SMILES string of the molecule is COc1cccc(-c2cncc(C3CCCN(CC(=O)N4CCCC4)C3)n2)c1. The summed E-state index contributed by atoms with van der Waals surface area (Å²) in [5, 5.41) is 0. The number of aromatic nitrogens is 2. The van der Waals surface area contributed by atoms with Crippen molar-refractivity contribution in [3.63, 3.8) is 0 Å². The molecule has 2 aromatic rings. The molecule has 3 heterocycles. The molecule has 1 atom stereocenters. The average Bonchev–Trinajstić information content (AvgIpc) is 3.29. The number of benzene rings is 1. The summed E-state index contributed by atoms with van der Waals surface area (Å²) in [6, 6.07) is 7.90. The smallest absolute Gasteiger partial charge is 0.236 e. The lowest BCUT2D eigenvalue weighted by molar-refractivity contribution is -0.131. The number of rotatable bonds is 5. The van der Waals surface area contributed by atoms with Crippen LogP contribution in [-0.2, 0) is 4.79 Å². The van der Waals surface area contributed by atoms with Gasteiger partial charge in [-0.25, -0.2) is 4.98 Å². The molecule has 0 spiro atoms. The molecule has 1 amide bonds. The number of hydrogen-bond acceptors (Lipinski definition) is 5. The van der Waals surface area contributed by atoms with Crippen LogP contribution in [0.4, 0.5) is 0 Å². The van der Waals surface area contributed by atoms with Gasteiger partial charge in [-0.1, -0.05) is 12.1 Å². The summed E-state index contributed by atoms with van der Waals surface area (Å²) in [7, 11) is 1.67. The third-order valence-electron chi connectivity index (χ3n) is 5.76. The van der Waals surface area contributed by atoms with Crippen LogP contribution in [-0.4, -0.2) is 65.5 Å². The van der Waals surface area contributed by atoms with Gasteiger partial charge in [0.05, 0.1) is 31.2 Å². The molecule has 4 rings (SSSR count). The Labute approximate surface area is 166 Å². The highest BCUT2D eigenvalue weighted by molar-refractivity contribution is 5.78. The van der Waals surface area contributed by atoms with E-state index >= 15 is 0 Å². The normalized spacial score (nSPS) is 20.3. The number of piperidine rings is 1. The standard InChI is InChI=1S/C22H28N4O2/c1-28-19-8-4-6-17(12-19)20-13-23-14-21(24-20)18-7-5-9-25(15-18)16-22(27)26-10-2-3-11-26/h4,6,8,12-14,18H,2-3,5,7,9-11,15-16H2,1H3. The fourth-order valence-electron chi connectivity index (χ4n) is 4.20. The first kappa shape index (κ1) is 18.9. The highest BCUT2D eigenvalue weighted by Crippen LogP contribution is 2.28. The average molecular weight is 380 g/mol. The Bertz CT molecular complexity index is 820. The summed E-state index contributed by atoms with van der Waals surface area (Å²) in [4.78, 5) is 26.1. The second-order valence-corrected chi connectivity index (χ2v) is 7.72. The molecule has 0 radical (unpaired) electrons. The lowest BCUT2D eigenvalue weighted by Gasteiger charge is -2.33. The number of carbonyl (C=O) groups is 1. The van der Waals surface area contributed by atoms with Crippen LogP contribution in [0.2, 0.25) is 0 Å². The minimum atomic E-state index is 0.273. The minimum Gasteiger partial charge on any atom is -0.497 e. The Hall–Kier alpha value is -2.47. The van der Waals surface area contributed by atoms with Crippen LogP contribution in [0.3, 0.4) is 0 Å². The molecule has 6 heteroatoms. The van der Waals surface area contributed by atoms with E-state index in [0.717, 1.165) is 74.6 Å². The molecule has 0 bridgehead atoms. The number of carbonyl (C=O) groups excluding carboxylic acids is 1. The molecule has 148 valence electrons. The number of amides is 1. The first-order valence-corrected chi connectivity index (χ1v) is 10.2. The predicted molar refractivity (Wildman–Crippen MR) is 108 cm³/mol. The second kappa shape index (κ2) is 8.69. The molecular formula is C22H28N4O2. The maximum atomic E-state index is 12.5. The fourth-order valence-corrected chi connectivity index (χ4v) is 4.20. The first-order valence-electron chi connectivity index (χ1n) is 10.2. The molecule has 28 heavy (non-hydrogen) atoms. The fraction of sp³-hybridized carbons (Fsp3) is 0.500. The summed E-state index contributed by atoms with van der Waals surface area (Å²) in [5.74, 6) is 1.40. The van der Waals surface area contributed by atoms with Crippen molar-refractivity contribution >= 4 is 5.91 Å². The van der Waals surface area contributed by atoms with E-state index in [4.69, 9.17) is 9.72 Å². The predicted octanol–water partition coefficient (Wildman–Crippen LogP) is 2.95. The van der Waals surface area contributed by atoms with Crippen LogP contribution < -0.4 is 4.74 Å². The lowest BCUT2D eigenvalue weighted by Crippen LogP contribution is -2.43. The third-order valence-corrected chi connectivity index (χ3v) is 5.76. The summed E-state index contributed by atoms with van der Waals surface area (Å²) in [6.07, 6.45) is 8.13. The molecule has 2 fully saturated rings. The van der Waals surface area contributed by atoms with Crippen molar-refractivity contribution in [3.05, 3.63) is 42.4 Å². The van der Waals surface area contributed by atoms with Gasteiger partial charge in [-0.05, 0) is 44.4 Å². The van der Waals surface area contributed by atoms with E-state index in [1.165, 1.54) is 0 Å². The first-order chi connectivity index (χ1) is 13.7. The van der Waals surface area contributed by atoms with Crippen molar-refractivity contribution in [2.45, 2.75) is 31.6 Å². The minimum absolute atomic E-state index is 0.273. The van der Waals surface area contributed by atoms with Crippen molar-refractivity contribution in [1.82, 2.24) is 19.8 Å². The van der Waals surface area contributed by atoms with Crippen molar-refractivity contribution < 1.29 is 9.53 Å². The van der Waals surface area contributed by atoms with Gasteiger partial charge in [0.25, 0.3) is 0 Å². The molecule has 0 saturated carbocycles. The van der Waals surface area contributed by atoms with Crippen LogP contribution in [0.25, 0.3) is 11.3 Å². The zero-order valence-corrected chi connectivity index (χ0v) is 16.5. The number of methoxy groups -OCH3 is 1. The summed E-state index contributed by atoms with van der Waals surface area (Å²) < 4.78 is 5.33. The summed E-state index contributed by atoms with van der Waals surface area (Å²) in [6.45, 7) is 4.22. The largest absolute Gasteiger partial charge is 0.497 e. The van der Waals surface area contributed by atoms with Crippen LogP contribution in [0.15, 0.2) is 36.7 Å². The molecule has 1 aromatic carbocycles. The number of nitrogens with zero attached hydrogens (tertiary/aromatic N) is 4.